The number of aliphatic imine (C=N–C) groups is 1. The lowest BCUT2D eigenvalue weighted by atomic mass is 9.88. The highest BCUT2D eigenvalue weighted by Crippen LogP contribution is 2.42. The minimum absolute atomic E-state index is 0.0533. The Morgan fingerprint density at radius 1 is 0.957 bits per heavy atom. The first-order valence-corrected chi connectivity index (χ1v) is 17.6. The molecular formula is C36H50N6O4S. The summed E-state index contributed by atoms with van der Waals surface area (Å²) in [7, 11) is -2.00. The molecule has 0 aromatic heterocycles. The summed E-state index contributed by atoms with van der Waals surface area (Å²) >= 11 is 0. The molecule has 0 aliphatic carbocycles. The van der Waals surface area contributed by atoms with Gasteiger partial charge < -0.3 is 21.5 Å². The van der Waals surface area contributed by atoms with Gasteiger partial charge >= 0.3 is 0 Å². The second kappa shape index (κ2) is 15.3. The van der Waals surface area contributed by atoms with E-state index in [1.807, 2.05) is 70.2 Å². The lowest BCUT2D eigenvalue weighted by Crippen LogP contribution is -2.47. The Balaban J connectivity index is 1.47. The van der Waals surface area contributed by atoms with Gasteiger partial charge in [0.15, 0.2) is 5.96 Å². The predicted octanol–water partition coefficient (Wildman–Crippen LogP) is 4.36. The molecule has 1 aliphatic rings. The fourth-order valence-electron chi connectivity index (χ4n) is 6.08. The van der Waals surface area contributed by atoms with E-state index in [9.17, 15) is 13.2 Å². The maximum absolute atomic E-state index is 14.0. The molecule has 3 aromatic rings. The quantitative estimate of drug-likeness (QED) is 0.114. The molecule has 254 valence electrons. The van der Waals surface area contributed by atoms with Gasteiger partial charge in [-0.2, -0.15) is 4.72 Å². The van der Waals surface area contributed by atoms with Crippen LogP contribution in [0.15, 0.2) is 64.5 Å². The maximum Gasteiger partial charge on any atom is 0.241 e. The first-order chi connectivity index (χ1) is 22.2. The van der Waals surface area contributed by atoms with Crippen LogP contribution in [0.3, 0.4) is 0 Å². The second-order valence-electron chi connectivity index (χ2n) is 13.2. The van der Waals surface area contributed by atoms with Crippen molar-refractivity contribution < 1.29 is 17.9 Å². The van der Waals surface area contributed by atoms with Gasteiger partial charge in [-0.15, -0.1) is 0 Å². The minimum atomic E-state index is -4.08. The Labute approximate surface area is 280 Å². The average Bonchev–Trinajstić information content (AvgIpc) is 3.00. The third-order valence-electron chi connectivity index (χ3n) is 8.73. The van der Waals surface area contributed by atoms with Crippen molar-refractivity contribution in [2.75, 3.05) is 13.6 Å². The maximum atomic E-state index is 14.0. The summed E-state index contributed by atoms with van der Waals surface area (Å²) in [5.74, 6) is 0.290. The monoisotopic (exact) mass is 662 g/mol. The van der Waals surface area contributed by atoms with Crippen molar-refractivity contribution in [3.05, 3.63) is 93.5 Å². The van der Waals surface area contributed by atoms with E-state index < -0.39 is 22.0 Å². The minimum Gasteiger partial charge on any atom is -0.487 e. The van der Waals surface area contributed by atoms with Gasteiger partial charge in [-0.25, -0.2) is 8.42 Å². The fourth-order valence-corrected chi connectivity index (χ4v) is 7.88. The number of ether oxygens (including phenoxy) is 1. The zero-order valence-corrected chi connectivity index (χ0v) is 29.3. The Hall–Kier alpha value is -3.93. The standard InChI is InChI=1S/C36H50N6O4S/c1-24-25(2)33(26(3)30-18-19-36(4,5)46-32(24)30)47(44,45)41-31(13-10-20-39-35(37)38)34(43)40-21-27-14-16-29(17-15-27)23-42(6)22-28-11-8-7-9-12-28/h7-9,11-12,14-17,31,41H,10,13,18-23H2,1-6H3,(H,40,43)(H4,37,38,39). The molecule has 11 heteroatoms. The summed E-state index contributed by atoms with van der Waals surface area (Å²) in [6, 6.07) is 17.4. The fraction of sp³-hybridized carbons (Fsp3) is 0.444. The van der Waals surface area contributed by atoms with Gasteiger partial charge in [0, 0.05) is 26.2 Å². The van der Waals surface area contributed by atoms with Crippen LogP contribution in [0, 0.1) is 20.8 Å². The molecule has 0 saturated heterocycles. The van der Waals surface area contributed by atoms with Crippen LogP contribution < -0.4 is 26.2 Å². The molecule has 0 spiro atoms. The van der Waals surface area contributed by atoms with E-state index in [1.165, 1.54) is 5.56 Å². The van der Waals surface area contributed by atoms with Crippen LogP contribution in [-0.2, 0) is 40.9 Å². The molecule has 4 rings (SSSR count). The van der Waals surface area contributed by atoms with E-state index in [1.54, 1.807) is 6.92 Å². The van der Waals surface area contributed by atoms with E-state index >= 15 is 0 Å². The molecule has 0 bridgehead atoms. The van der Waals surface area contributed by atoms with Crippen LogP contribution in [0.4, 0.5) is 0 Å². The Kier molecular flexibility index (Phi) is 11.7. The lowest BCUT2D eigenvalue weighted by molar-refractivity contribution is -0.123. The third kappa shape index (κ3) is 9.56. The SMILES string of the molecule is Cc1c(C)c(S(=O)(=O)NC(CCCN=C(N)N)C(=O)NCc2ccc(CN(C)Cc3ccccc3)cc2)c(C)c2c1OC(C)(C)CC2. The highest BCUT2D eigenvalue weighted by molar-refractivity contribution is 7.89. The number of guanidine groups is 1. The smallest absolute Gasteiger partial charge is 0.241 e. The van der Waals surface area contributed by atoms with Crippen molar-refractivity contribution in [2.45, 2.75) is 96.5 Å². The van der Waals surface area contributed by atoms with Gasteiger partial charge in [0.25, 0.3) is 0 Å². The molecule has 1 amide bonds. The van der Waals surface area contributed by atoms with Crippen molar-refractivity contribution in [2.24, 2.45) is 16.5 Å². The number of sulfonamides is 1. The van der Waals surface area contributed by atoms with Crippen molar-refractivity contribution >= 4 is 21.9 Å². The normalized spacial score (nSPS) is 14.6. The molecule has 0 saturated carbocycles. The molecule has 6 N–H and O–H groups in total. The molecule has 10 nitrogen and oxygen atoms in total. The Bertz CT molecular complexity index is 1680. The number of nitrogens with one attached hydrogen (secondary N) is 2. The summed E-state index contributed by atoms with van der Waals surface area (Å²) < 4.78 is 37.0. The van der Waals surface area contributed by atoms with Gasteiger partial charge in [0.05, 0.1) is 4.90 Å². The van der Waals surface area contributed by atoms with Crippen molar-refractivity contribution in [3.63, 3.8) is 0 Å². The topological polar surface area (TPSA) is 152 Å². The Morgan fingerprint density at radius 3 is 2.21 bits per heavy atom. The van der Waals surface area contributed by atoms with Gasteiger partial charge in [0.1, 0.15) is 17.4 Å². The summed E-state index contributed by atoms with van der Waals surface area (Å²) in [5, 5.41) is 2.93. The molecule has 0 fully saturated rings. The van der Waals surface area contributed by atoms with E-state index in [-0.39, 0.29) is 36.0 Å². The van der Waals surface area contributed by atoms with Gasteiger partial charge in [0.2, 0.25) is 15.9 Å². The number of carbonyl (C=O) groups is 1. The number of hydrogen-bond acceptors (Lipinski definition) is 6. The second-order valence-corrected chi connectivity index (χ2v) is 14.8. The van der Waals surface area contributed by atoms with Crippen LogP contribution in [0.2, 0.25) is 0 Å². The highest BCUT2D eigenvalue weighted by atomic mass is 32.2. The Morgan fingerprint density at radius 2 is 1.57 bits per heavy atom. The number of amides is 1. The van der Waals surface area contributed by atoms with E-state index in [0.29, 0.717) is 24.0 Å². The zero-order valence-electron chi connectivity index (χ0n) is 28.5. The summed E-state index contributed by atoms with van der Waals surface area (Å²) in [4.78, 5) is 20.0. The number of fused-ring (bicyclic) bond motifs is 1. The van der Waals surface area contributed by atoms with Crippen LogP contribution in [-0.4, -0.2) is 50.4 Å². The number of nitrogens with zero attached hydrogens (tertiary/aromatic N) is 2. The van der Waals surface area contributed by atoms with Crippen molar-refractivity contribution in [3.8, 4) is 5.75 Å². The van der Waals surface area contributed by atoms with Crippen LogP contribution >= 0.6 is 0 Å². The molecule has 1 atom stereocenters. The largest absolute Gasteiger partial charge is 0.487 e. The summed E-state index contributed by atoms with van der Waals surface area (Å²) in [5.41, 5.74) is 16.9. The average molecular weight is 663 g/mol. The van der Waals surface area contributed by atoms with Gasteiger partial charge in [-0.05, 0) is 106 Å². The molecule has 0 radical (unpaired) electrons. The molecular weight excluding hydrogens is 613 g/mol. The van der Waals surface area contributed by atoms with E-state index in [4.69, 9.17) is 16.2 Å². The number of carbonyl (C=O) groups excluding carboxylic acids is 1. The number of rotatable bonds is 14. The molecule has 1 aliphatic heterocycles. The van der Waals surface area contributed by atoms with E-state index in [2.05, 4.69) is 39.1 Å². The van der Waals surface area contributed by atoms with E-state index in [0.717, 1.165) is 47.5 Å². The predicted molar refractivity (Wildman–Crippen MR) is 188 cm³/mol. The van der Waals surface area contributed by atoms with Gasteiger partial charge in [-0.1, -0.05) is 54.6 Å². The van der Waals surface area contributed by atoms with Crippen LogP contribution in [0.25, 0.3) is 0 Å². The number of benzene rings is 3. The van der Waals surface area contributed by atoms with Gasteiger partial charge in [-0.3, -0.25) is 14.7 Å². The third-order valence-corrected chi connectivity index (χ3v) is 10.5. The molecule has 1 unspecified atom stereocenters. The zero-order chi connectivity index (χ0) is 34.4. The van der Waals surface area contributed by atoms with Crippen molar-refractivity contribution in [1.82, 2.24) is 14.9 Å². The lowest BCUT2D eigenvalue weighted by Gasteiger charge is -2.35. The highest BCUT2D eigenvalue weighted by Gasteiger charge is 2.35. The van der Waals surface area contributed by atoms with Crippen LogP contribution in [0.5, 0.6) is 5.75 Å². The molecule has 3 aromatic carbocycles. The van der Waals surface area contributed by atoms with Crippen LogP contribution in [0.1, 0.15) is 72.1 Å². The number of hydrogen-bond donors (Lipinski definition) is 4. The first kappa shape index (κ1) is 35.9. The molecule has 1 heterocycles. The number of nitrogens with two attached hydrogens (primary N) is 2. The summed E-state index contributed by atoms with van der Waals surface area (Å²) in [6.07, 6.45) is 2.11. The summed E-state index contributed by atoms with van der Waals surface area (Å²) in [6.45, 7) is 11.7. The molecule has 47 heavy (non-hydrogen) atoms. The van der Waals surface area contributed by atoms with Crippen molar-refractivity contribution in [1.29, 1.82) is 0 Å². The first-order valence-electron chi connectivity index (χ1n) is 16.1.